The van der Waals surface area contributed by atoms with E-state index in [1.807, 2.05) is 18.2 Å². The fraction of sp³-hybridized carbons (Fsp3) is 0.222. The molecule has 0 N–H and O–H groups in total. The molecule has 0 saturated carbocycles. The van der Waals surface area contributed by atoms with Crippen LogP contribution in [0, 0.1) is 0 Å². The SMILES string of the molecule is CC(C)(C)c1ccc2oc(-c3ccc(C=O)cc3)nc2c1. The topological polar surface area (TPSA) is 43.1 Å². The Kier molecular flexibility index (Phi) is 3.13. The molecule has 0 radical (unpaired) electrons. The van der Waals surface area contributed by atoms with Crippen LogP contribution in [0.15, 0.2) is 46.9 Å². The third-order valence-corrected chi connectivity index (χ3v) is 3.55. The second-order valence-electron chi connectivity index (χ2n) is 6.19. The van der Waals surface area contributed by atoms with Crippen LogP contribution in [-0.4, -0.2) is 11.3 Å². The number of oxazole rings is 1. The van der Waals surface area contributed by atoms with Gasteiger partial charge in [-0.05, 0) is 35.2 Å². The molecule has 1 aromatic heterocycles. The maximum Gasteiger partial charge on any atom is 0.227 e. The Labute approximate surface area is 123 Å². The van der Waals surface area contributed by atoms with Gasteiger partial charge in [-0.1, -0.05) is 39.0 Å². The number of aldehydes is 1. The zero-order chi connectivity index (χ0) is 15.0. The highest BCUT2D eigenvalue weighted by Crippen LogP contribution is 2.29. The normalized spacial score (nSPS) is 11.8. The zero-order valence-corrected chi connectivity index (χ0v) is 12.4. The summed E-state index contributed by atoms with van der Waals surface area (Å²) in [6, 6.07) is 13.3. The van der Waals surface area contributed by atoms with Crippen LogP contribution >= 0.6 is 0 Å². The third kappa shape index (κ3) is 2.59. The lowest BCUT2D eigenvalue weighted by molar-refractivity contribution is 0.112. The van der Waals surface area contributed by atoms with Crippen LogP contribution < -0.4 is 0 Å². The van der Waals surface area contributed by atoms with Crippen molar-refractivity contribution in [2.75, 3.05) is 0 Å². The van der Waals surface area contributed by atoms with Crippen LogP contribution in [0.1, 0.15) is 36.7 Å². The van der Waals surface area contributed by atoms with E-state index in [-0.39, 0.29) is 5.41 Å². The fourth-order valence-corrected chi connectivity index (χ4v) is 2.22. The smallest absolute Gasteiger partial charge is 0.227 e. The van der Waals surface area contributed by atoms with E-state index in [0.29, 0.717) is 11.5 Å². The second-order valence-corrected chi connectivity index (χ2v) is 6.19. The Balaban J connectivity index is 2.05. The van der Waals surface area contributed by atoms with Gasteiger partial charge in [-0.3, -0.25) is 4.79 Å². The average molecular weight is 279 g/mol. The number of hydrogen-bond donors (Lipinski definition) is 0. The number of carbonyl (C=O) groups is 1. The number of aromatic nitrogens is 1. The minimum absolute atomic E-state index is 0.0823. The molecule has 0 bridgehead atoms. The third-order valence-electron chi connectivity index (χ3n) is 3.55. The Hall–Kier alpha value is -2.42. The molecule has 0 unspecified atom stereocenters. The van der Waals surface area contributed by atoms with E-state index in [4.69, 9.17) is 4.42 Å². The number of carbonyl (C=O) groups excluding carboxylic acids is 1. The Bertz CT molecular complexity index is 792. The van der Waals surface area contributed by atoms with Gasteiger partial charge in [0.2, 0.25) is 5.89 Å². The molecule has 0 fully saturated rings. The van der Waals surface area contributed by atoms with Crippen molar-refractivity contribution in [3.8, 4) is 11.5 Å². The average Bonchev–Trinajstić information content (AvgIpc) is 2.89. The van der Waals surface area contributed by atoms with Gasteiger partial charge in [0, 0.05) is 11.1 Å². The van der Waals surface area contributed by atoms with Crippen molar-refractivity contribution in [1.82, 2.24) is 4.98 Å². The van der Waals surface area contributed by atoms with Crippen molar-refractivity contribution in [3.05, 3.63) is 53.6 Å². The zero-order valence-electron chi connectivity index (χ0n) is 12.4. The number of rotatable bonds is 2. The summed E-state index contributed by atoms with van der Waals surface area (Å²) >= 11 is 0. The summed E-state index contributed by atoms with van der Waals surface area (Å²) in [5.41, 5.74) is 4.46. The highest BCUT2D eigenvalue weighted by atomic mass is 16.3. The molecule has 1 heterocycles. The van der Waals surface area contributed by atoms with E-state index in [9.17, 15) is 4.79 Å². The predicted octanol–water partition coefficient (Wildman–Crippen LogP) is 4.60. The summed E-state index contributed by atoms with van der Waals surface area (Å²) in [5, 5.41) is 0. The Morgan fingerprint density at radius 3 is 2.38 bits per heavy atom. The van der Waals surface area contributed by atoms with Crippen molar-refractivity contribution in [3.63, 3.8) is 0 Å². The molecule has 3 heteroatoms. The molecular weight excluding hydrogens is 262 g/mol. The molecule has 3 aromatic rings. The monoisotopic (exact) mass is 279 g/mol. The van der Waals surface area contributed by atoms with E-state index in [2.05, 4.69) is 37.9 Å². The summed E-state index contributed by atoms with van der Waals surface area (Å²) in [5.74, 6) is 0.577. The lowest BCUT2D eigenvalue weighted by Crippen LogP contribution is -2.10. The molecule has 2 aromatic carbocycles. The van der Waals surface area contributed by atoms with Crippen molar-refractivity contribution < 1.29 is 9.21 Å². The van der Waals surface area contributed by atoms with Crippen LogP contribution in [0.4, 0.5) is 0 Å². The van der Waals surface area contributed by atoms with Gasteiger partial charge in [0.25, 0.3) is 0 Å². The van der Waals surface area contributed by atoms with Crippen molar-refractivity contribution in [1.29, 1.82) is 0 Å². The first-order valence-electron chi connectivity index (χ1n) is 6.94. The molecule has 106 valence electrons. The minimum atomic E-state index is 0.0823. The Morgan fingerprint density at radius 2 is 1.76 bits per heavy atom. The van der Waals surface area contributed by atoms with Gasteiger partial charge in [0.05, 0.1) is 0 Å². The minimum Gasteiger partial charge on any atom is -0.436 e. The van der Waals surface area contributed by atoms with Crippen LogP contribution in [0.25, 0.3) is 22.6 Å². The predicted molar refractivity (Wildman–Crippen MR) is 83.5 cm³/mol. The molecule has 0 aliphatic heterocycles. The van der Waals surface area contributed by atoms with Crippen molar-refractivity contribution >= 4 is 17.4 Å². The summed E-state index contributed by atoms with van der Waals surface area (Å²) < 4.78 is 5.80. The lowest BCUT2D eigenvalue weighted by Gasteiger charge is -2.18. The summed E-state index contributed by atoms with van der Waals surface area (Å²) in [6.07, 6.45) is 0.825. The van der Waals surface area contributed by atoms with E-state index >= 15 is 0 Å². The molecule has 3 rings (SSSR count). The molecule has 0 amide bonds. The quantitative estimate of drug-likeness (QED) is 0.644. The van der Waals surface area contributed by atoms with E-state index < -0.39 is 0 Å². The number of nitrogens with zero attached hydrogens (tertiary/aromatic N) is 1. The standard InChI is InChI=1S/C18H17NO2/c1-18(2,3)14-8-9-16-15(10-14)19-17(21-16)13-6-4-12(11-20)5-7-13/h4-11H,1-3H3. The highest BCUT2D eigenvalue weighted by molar-refractivity contribution is 5.79. The van der Waals surface area contributed by atoms with E-state index in [1.54, 1.807) is 12.1 Å². The molecule has 21 heavy (non-hydrogen) atoms. The summed E-state index contributed by atoms with van der Waals surface area (Å²) in [6.45, 7) is 6.52. The van der Waals surface area contributed by atoms with Crippen LogP contribution in [0.3, 0.4) is 0 Å². The first-order chi connectivity index (χ1) is 9.97. The van der Waals surface area contributed by atoms with Crippen LogP contribution in [-0.2, 0) is 5.41 Å². The molecule has 0 saturated heterocycles. The Morgan fingerprint density at radius 1 is 1.05 bits per heavy atom. The molecule has 0 spiro atoms. The largest absolute Gasteiger partial charge is 0.436 e. The van der Waals surface area contributed by atoms with Gasteiger partial charge in [0.1, 0.15) is 11.8 Å². The second kappa shape index (κ2) is 4.85. The molecule has 0 aliphatic carbocycles. The van der Waals surface area contributed by atoms with Gasteiger partial charge < -0.3 is 4.42 Å². The summed E-state index contributed by atoms with van der Waals surface area (Å²) in [4.78, 5) is 15.2. The van der Waals surface area contributed by atoms with Crippen LogP contribution in [0.2, 0.25) is 0 Å². The number of fused-ring (bicyclic) bond motifs is 1. The van der Waals surface area contributed by atoms with Gasteiger partial charge in [0.15, 0.2) is 5.58 Å². The van der Waals surface area contributed by atoms with E-state index in [1.165, 1.54) is 5.56 Å². The number of benzene rings is 2. The maximum absolute atomic E-state index is 10.7. The summed E-state index contributed by atoms with van der Waals surface area (Å²) in [7, 11) is 0. The maximum atomic E-state index is 10.7. The van der Waals surface area contributed by atoms with Gasteiger partial charge in [-0.15, -0.1) is 0 Å². The van der Waals surface area contributed by atoms with Crippen molar-refractivity contribution in [2.45, 2.75) is 26.2 Å². The van der Waals surface area contributed by atoms with Crippen molar-refractivity contribution in [2.24, 2.45) is 0 Å². The van der Waals surface area contributed by atoms with Gasteiger partial charge >= 0.3 is 0 Å². The highest BCUT2D eigenvalue weighted by Gasteiger charge is 2.16. The molecule has 0 atom stereocenters. The first-order valence-corrected chi connectivity index (χ1v) is 6.94. The molecular formula is C18H17NO2. The van der Waals surface area contributed by atoms with Gasteiger partial charge in [-0.2, -0.15) is 0 Å². The van der Waals surface area contributed by atoms with E-state index in [0.717, 1.165) is 22.9 Å². The van der Waals surface area contributed by atoms with Gasteiger partial charge in [-0.25, -0.2) is 4.98 Å². The molecule has 3 nitrogen and oxygen atoms in total. The fourth-order valence-electron chi connectivity index (χ4n) is 2.22. The van der Waals surface area contributed by atoms with Crippen LogP contribution in [0.5, 0.6) is 0 Å². The molecule has 0 aliphatic rings. The first kappa shape index (κ1) is 13.6. The number of hydrogen-bond acceptors (Lipinski definition) is 3. The lowest BCUT2D eigenvalue weighted by atomic mass is 9.87.